The summed E-state index contributed by atoms with van der Waals surface area (Å²) < 4.78 is 5.61. The van der Waals surface area contributed by atoms with Crippen molar-refractivity contribution in [2.45, 2.75) is 44.2 Å². The molecule has 0 aliphatic heterocycles. The zero-order valence-corrected chi connectivity index (χ0v) is 12.3. The largest absolute Gasteiger partial charge is 0.484 e. The lowest BCUT2D eigenvalue weighted by Crippen LogP contribution is -2.38. The minimum atomic E-state index is -0.856. The van der Waals surface area contributed by atoms with Crippen LogP contribution in [0.2, 0.25) is 0 Å². The van der Waals surface area contributed by atoms with E-state index in [2.05, 4.69) is 5.32 Å². The smallest absolute Gasteiger partial charge is 0.310 e. The number of nitro benzene ring substituents is 1. The van der Waals surface area contributed by atoms with Crippen LogP contribution in [-0.4, -0.2) is 29.3 Å². The van der Waals surface area contributed by atoms with E-state index in [1.807, 2.05) is 7.05 Å². The first-order chi connectivity index (χ1) is 10.0. The first-order valence-electron chi connectivity index (χ1n) is 7.31. The molecular weight excluding hydrogens is 272 g/mol. The Morgan fingerprint density at radius 2 is 2.10 bits per heavy atom. The molecule has 0 spiro atoms. The van der Waals surface area contributed by atoms with Crippen LogP contribution in [0.4, 0.5) is 5.69 Å². The number of rotatable bonds is 6. The third-order valence-electron chi connectivity index (χ3n) is 3.88. The van der Waals surface area contributed by atoms with Crippen molar-refractivity contribution in [3.63, 3.8) is 0 Å². The lowest BCUT2D eigenvalue weighted by atomic mass is 9.85. The van der Waals surface area contributed by atoms with E-state index in [9.17, 15) is 15.2 Å². The summed E-state index contributed by atoms with van der Waals surface area (Å²) in [5, 5.41) is 24.5. The van der Waals surface area contributed by atoms with E-state index < -0.39 is 10.5 Å². The number of nitro groups is 1. The maximum atomic E-state index is 11.1. The highest BCUT2D eigenvalue weighted by Crippen LogP contribution is 2.32. The third kappa shape index (κ3) is 4.15. The van der Waals surface area contributed by atoms with Crippen LogP contribution in [0.15, 0.2) is 18.2 Å². The average Bonchev–Trinajstić information content (AvgIpc) is 2.46. The highest BCUT2D eigenvalue weighted by molar-refractivity contribution is 5.48. The van der Waals surface area contributed by atoms with Crippen molar-refractivity contribution in [2.75, 3.05) is 13.7 Å². The molecule has 116 valence electrons. The van der Waals surface area contributed by atoms with Gasteiger partial charge in [-0.3, -0.25) is 10.1 Å². The number of hydrogen-bond donors (Lipinski definition) is 2. The Hall–Kier alpha value is -1.66. The van der Waals surface area contributed by atoms with E-state index in [-0.39, 0.29) is 18.0 Å². The van der Waals surface area contributed by atoms with Gasteiger partial charge in [0.2, 0.25) is 0 Å². The van der Waals surface area contributed by atoms with Gasteiger partial charge < -0.3 is 15.2 Å². The van der Waals surface area contributed by atoms with E-state index in [1.54, 1.807) is 12.1 Å². The van der Waals surface area contributed by atoms with E-state index in [0.717, 1.165) is 24.8 Å². The molecule has 1 fully saturated rings. The summed E-state index contributed by atoms with van der Waals surface area (Å²) in [6.45, 7) is 0.718. The molecule has 0 radical (unpaired) electrons. The van der Waals surface area contributed by atoms with Crippen LogP contribution < -0.4 is 10.1 Å². The lowest BCUT2D eigenvalue weighted by molar-refractivity contribution is -0.386. The summed E-state index contributed by atoms with van der Waals surface area (Å²) in [4.78, 5) is 10.6. The van der Waals surface area contributed by atoms with Crippen molar-refractivity contribution < 1.29 is 14.8 Å². The molecule has 0 aromatic heterocycles. The van der Waals surface area contributed by atoms with E-state index in [0.29, 0.717) is 19.4 Å². The van der Waals surface area contributed by atoms with Gasteiger partial charge in [0, 0.05) is 12.6 Å². The highest BCUT2D eigenvalue weighted by atomic mass is 16.6. The van der Waals surface area contributed by atoms with Gasteiger partial charge in [-0.15, -0.1) is 0 Å². The maximum Gasteiger partial charge on any atom is 0.310 e. The molecule has 0 heterocycles. The molecule has 2 N–H and O–H groups in total. The molecule has 1 aliphatic rings. The molecule has 0 amide bonds. The third-order valence-corrected chi connectivity index (χ3v) is 3.88. The Labute approximate surface area is 124 Å². The second-order valence-electron chi connectivity index (χ2n) is 5.66. The lowest BCUT2D eigenvalue weighted by Gasteiger charge is -2.31. The zero-order valence-electron chi connectivity index (χ0n) is 12.3. The molecule has 21 heavy (non-hydrogen) atoms. The molecule has 1 aromatic carbocycles. The van der Waals surface area contributed by atoms with Crippen LogP contribution in [0.25, 0.3) is 0 Å². The number of benzene rings is 1. The van der Waals surface area contributed by atoms with Crippen LogP contribution in [0, 0.1) is 10.1 Å². The molecule has 2 rings (SSSR count). The van der Waals surface area contributed by atoms with Crippen molar-refractivity contribution in [3.05, 3.63) is 33.9 Å². The molecule has 6 nitrogen and oxygen atoms in total. The second kappa shape index (κ2) is 6.87. The summed E-state index contributed by atoms with van der Waals surface area (Å²) in [7, 11) is 1.81. The molecule has 0 bridgehead atoms. The van der Waals surface area contributed by atoms with Crippen LogP contribution in [0.3, 0.4) is 0 Å². The molecule has 6 heteroatoms. The average molecular weight is 294 g/mol. The van der Waals surface area contributed by atoms with E-state index in [1.165, 1.54) is 6.07 Å². The quantitative estimate of drug-likeness (QED) is 0.621. The first-order valence-corrected chi connectivity index (χ1v) is 7.31. The summed E-state index contributed by atoms with van der Waals surface area (Å²) in [5.41, 5.74) is -0.00603. The zero-order chi connectivity index (χ0) is 15.3. The fourth-order valence-electron chi connectivity index (χ4n) is 2.71. The SMILES string of the molecule is CNCc1ccc([N+](=O)[O-])c(OCC2(O)CCCCC2)c1. The number of nitrogens with one attached hydrogen (secondary N) is 1. The van der Waals surface area contributed by atoms with Gasteiger partial charge in [0.15, 0.2) is 5.75 Å². The van der Waals surface area contributed by atoms with Crippen LogP contribution >= 0.6 is 0 Å². The molecule has 1 aliphatic carbocycles. The molecule has 0 saturated heterocycles. The Morgan fingerprint density at radius 1 is 1.38 bits per heavy atom. The minimum absolute atomic E-state index is 0.0609. The van der Waals surface area contributed by atoms with Crippen LogP contribution in [0.5, 0.6) is 5.75 Å². The molecule has 0 unspecified atom stereocenters. The van der Waals surface area contributed by atoms with Crippen molar-refractivity contribution in [1.29, 1.82) is 0 Å². The number of ether oxygens (including phenoxy) is 1. The Bertz CT molecular complexity index is 498. The Morgan fingerprint density at radius 3 is 2.71 bits per heavy atom. The number of nitrogens with zero attached hydrogens (tertiary/aromatic N) is 1. The van der Waals surface area contributed by atoms with E-state index >= 15 is 0 Å². The predicted octanol–water partition coefficient (Wildman–Crippen LogP) is 2.39. The molecule has 1 saturated carbocycles. The maximum absolute atomic E-state index is 11.1. The molecular formula is C15H22N2O4. The summed E-state index contributed by atoms with van der Waals surface area (Å²) in [6.07, 6.45) is 4.46. The van der Waals surface area contributed by atoms with Crippen LogP contribution in [-0.2, 0) is 6.54 Å². The van der Waals surface area contributed by atoms with Gasteiger partial charge in [-0.1, -0.05) is 25.3 Å². The van der Waals surface area contributed by atoms with Crippen molar-refractivity contribution in [3.8, 4) is 5.75 Å². The molecule has 1 aromatic rings. The summed E-state index contributed by atoms with van der Waals surface area (Å²) >= 11 is 0. The summed E-state index contributed by atoms with van der Waals surface area (Å²) in [6, 6.07) is 4.82. The van der Waals surface area contributed by atoms with Crippen molar-refractivity contribution >= 4 is 5.69 Å². The standard InChI is InChI=1S/C15H22N2O4/c1-16-10-12-5-6-13(17(19)20)14(9-12)21-11-15(18)7-3-2-4-8-15/h5-6,9,16,18H,2-4,7-8,10-11H2,1H3. The fourth-order valence-corrected chi connectivity index (χ4v) is 2.71. The Balaban J connectivity index is 2.12. The van der Waals surface area contributed by atoms with Gasteiger partial charge in [0.25, 0.3) is 0 Å². The topological polar surface area (TPSA) is 84.6 Å². The number of hydrogen-bond acceptors (Lipinski definition) is 5. The van der Waals surface area contributed by atoms with Gasteiger partial charge in [-0.2, -0.15) is 0 Å². The monoisotopic (exact) mass is 294 g/mol. The van der Waals surface area contributed by atoms with Gasteiger partial charge in [-0.25, -0.2) is 0 Å². The first kappa shape index (κ1) is 15.7. The Kier molecular flexibility index (Phi) is 5.14. The predicted molar refractivity (Wildman–Crippen MR) is 79.4 cm³/mol. The van der Waals surface area contributed by atoms with Crippen molar-refractivity contribution in [2.24, 2.45) is 0 Å². The highest BCUT2D eigenvalue weighted by Gasteiger charge is 2.31. The van der Waals surface area contributed by atoms with Crippen molar-refractivity contribution in [1.82, 2.24) is 5.32 Å². The second-order valence-corrected chi connectivity index (χ2v) is 5.66. The van der Waals surface area contributed by atoms with Gasteiger partial charge in [-0.05, 0) is 31.5 Å². The summed E-state index contributed by atoms with van der Waals surface area (Å²) in [5.74, 6) is 0.228. The minimum Gasteiger partial charge on any atom is -0.484 e. The van der Waals surface area contributed by atoms with Crippen LogP contribution in [0.1, 0.15) is 37.7 Å². The van der Waals surface area contributed by atoms with Gasteiger partial charge in [0.05, 0.1) is 10.5 Å². The normalized spacial score (nSPS) is 17.4. The number of aliphatic hydroxyl groups is 1. The van der Waals surface area contributed by atoms with Gasteiger partial charge >= 0.3 is 5.69 Å². The van der Waals surface area contributed by atoms with Gasteiger partial charge in [0.1, 0.15) is 6.61 Å². The molecule has 0 atom stereocenters. The van der Waals surface area contributed by atoms with E-state index in [4.69, 9.17) is 4.74 Å². The fraction of sp³-hybridized carbons (Fsp3) is 0.600.